The second-order valence-corrected chi connectivity index (χ2v) is 6.84. The van der Waals surface area contributed by atoms with Gasteiger partial charge in [-0.2, -0.15) is 0 Å². The van der Waals surface area contributed by atoms with E-state index in [2.05, 4.69) is 4.98 Å². The van der Waals surface area contributed by atoms with Crippen molar-refractivity contribution < 1.29 is 19.1 Å². The minimum atomic E-state index is -0.901. The first-order valence-corrected chi connectivity index (χ1v) is 8.07. The molecule has 2 saturated carbocycles. The van der Waals surface area contributed by atoms with Crippen LogP contribution in [-0.2, 0) is 4.79 Å². The van der Waals surface area contributed by atoms with Gasteiger partial charge in [0.1, 0.15) is 6.04 Å². The van der Waals surface area contributed by atoms with Crippen LogP contribution in [0.15, 0.2) is 4.42 Å². The highest BCUT2D eigenvalue weighted by Gasteiger charge is 2.50. The number of carbonyl (C=O) groups excluding carboxylic acids is 1. The Morgan fingerprint density at radius 2 is 2.05 bits per heavy atom. The van der Waals surface area contributed by atoms with Gasteiger partial charge in [0.05, 0.1) is 5.69 Å². The molecule has 1 aliphatic heterocycles. The van der Waals surface area contributed by atoms with E-state index in [1.165, 1.54) is 4.90 Å². The maximum absolute atomic E-state index is 12.8. The van der Waals surface area contributed by atoms with E-state index in [1.54, 1.807) is 6.92 Å². The molecule has 3 atom stereocenters. The molecule has 4 rings (SSSR count). The topological polar surface area (TPSA) is 83.6 Å². The average Bonchev–Trinajstić information content (AvgIpc) is 2.92. The van der Waals surface area contributed by atoms with Crippen LogP contribution in [0.25, 0.3) is 0 Å². The van der Waals surface area contributed by atoms with Gasteiger partial charge in [0.15, 0.2) is 5.89 Å². The number of amides is 1. The number of hydrogen-bond donors (Lipinski definition) is 1. The Morgan fingerprint density at radius 3 is 2.73 bits per heavy atom. The van der Waals surface area contributed by atoms with E-state index in [1.807, 2.05) is 0 Å². The molecule has 2 aliphatic carbocycles. The molecular formula is C16H20N2O4. The van der Waals surface area contributed by atoms with Gasteiger partial charge in [-0.15, -0.1) is 0 Å². The minimum Gasteiger partial charge on any atom is -0.480 e. The summed E-state index contributed by atoms with van der Waals surface area (Å²) in [4.78, 5) is 30.3. The van der Waals surface area contributed by atoms with Crippen LogP contribution in [0.2, 0.25) is 0 Å². The lowest BCUT2D eigenvalue weighted by Gasteiger charge is -2.23. The van der Waals surface area contributed by atoms with E-state index < -0.39 is 12.0 Å². The van der Waals surface area contributed by atoms with Gasteiger partial charge in [0.25, 0.3) is 5.91 Å². The molecule has 2 heterocycles. The van der Waals surface area contributed by atoms with Gasteiger partial charge in [0.2, 0.25) is 5.76 Å². The summed E-state index contributed by atoms with van der Waals surface area (Å²) in [6, 6.07) is -0.714. The molecule has 1 aromatic rings. The minimum absolute atomic E-state index is 0.0904. The number of rotatable bonds is 3. The van der Waals surface area contributed by atoms with Crippen molar-refractivity contribution in [2.75, 3.05) is 6.54 Å². The zero-order valence-corrected chi connectivity index (χ0v) is 12.6. The van der Waals surface area contributed by atoms with Crippen LogP contribution in [0.3, 0.4) is 0 Å². The van der Waals surface area contributed by atoms with E-state index in [9.17, 15) is 14.7 Å². The van der Waals surface area contributed by atoms with Crippen LogP contribution in [0.5, 0.6) is 0 Å². The zero-order valence-electron chi connectivity index (χ0n) is 12.6. The van der Waals surface area contributed by atoms with Gasteiger partial charge in [-0.3, -0.25) is 4.79 Å². The molecule has 6 heteroatoms. The van der Waals surface area contributed by atoms with Gasteiger partial charge < -0.3 is 14.4 Å². The summed E-state index contributed by atoms with van der Waals surface area (Å²) in [5, 5.41) is 9.56. The number of aryl methyl sites for hydroxylation is 1. The molecule has 118 valence electrons. The highest BCUT2D eigenvalue weighted by atomic mass is 16.4. The summed E-state index contributed by atoms with van der Waals surface area (Å²) < 4.78 is 5.67. The first-order valence-electron chi connectivity index (χ1n) is 8.07. The molecule has 0 radical (unpaired) electrons. The van der Waals surface area contributed by atoms with Crippen molar-refractivity contribution in [3.05, 3.63) is 17.3 Å². The Morgan fingerprint density at radius 1 is 1.27 bits per heavy atom. The standard InChI is InChI=1S/C16H20N2O4/c1-8-13(22-14(17-8)9-5-6-9)15(19)18-7-10-3-2-4-11(10)12(18)16(20)21/h9-12H,2-7H2,1H3,(H,20,21). The lowest BCUT2D eigenvalue weighted by atomic mass is 9.94. The second-order valence-electron chi connectivity index (χ2n) is 6.84. The van der Waals surface area contributed by atoms with Crippen molar-refractivity contribution in [2.45, 2.75) is 51.0 Å². The highest BCUT2D eigenvalue weighted by Crippen LogP contribution is 2.44. The largest absolute Gasteiger partial charge is 0.480 e. The number of likely N-dealkylation sites (tertiary alicyclic amines) is 1. The predicted molar refractivity (Wildman–Crippen MR) is 76.5 cm³/mol. The molecule has 6 nitrogen and oxygen atoms in total. The summed E-state index contributed by atoms with van der Waals surface area (Å²) in [7, 11) is 0. The fourth-order valence-corrected chi connectivity index (χ4v) is 4.08. The van der Waals surface area contributed by atoms with Crippen LogP contribution in [0, 0.1) is 18.8 Å². The molecule has 3 unspecified atom stereocenters. The molecule has 0 aromatic carbocycles. The first kappa shape index (κ1) is 13.8. The SMILES string of the molecule is Cc1nc(C2CC2)oc1C(=O)N1CC2CCCC2C1C(=O)O. The van der Waals surface area contributed by atoms with Gasteiger partial charge >= 0.3 is 5.97 Å². The van der Waals surface area contributed by atoms with Crippen molar-refractivity contribution in [1.29, 1.82) is 0 Å². The van der Waals surface area contributed by atoms with E-state index in [0.29, 0.717) is 30.0 Å². The fraction of sp³-hybridized carbons (Fsp3) is 0.688. The van der Waals surface area contributed by atoms with Crippen molar-refractivity contribution in [3.8, 4) is 0 Å². The molecule has 1 aromatic heterocycles. The normalized spacial score (nSPS) is 30.6. The average molecular weight is 304 g/mol. The number of hydrogen-bond acceptors (Lipinski definition) is 4. The van der Waals surface area contributed by atoms with Gasteiger partial charge in [-0.25, -0.2) is 9.78 Å². The number of oxazole rings is 1. The molecule has 0 bridgehead atoms. The van der Waals surface area contributed by atoms with Crippen LogP contribution in [0.1, 0.15) is 60.2 Å². The monoisotopic (exact) mass is 304 g/mol. The van der Waals surface area contributed by atoms with Gasteiger partial charge in [-0.1, -0.05) is 6.42 Å². The third-order valence-corrected chi connectivity index (χ3v) is 5.34. The van der Waals surface area contributed by atoms with Crippen molar-refractivity contribution in [1.82, 2.24) is 9.88 Å². The van der Waals surface area contributed by atoms with Crippen LogP contribution in [0.4, 0.5) is 0 Å². The number of aliphatic carboxylic acids is 1. The summed E-state index contributed by atoms with van der Waals surface area (Å²) in [5.41, 5.74) is 0.577. The number of carboxylic acids is 1. The third kappa shape index (κ3) is 2.04. The Hall–Kier alpha value is -1.85. The predicted octanol–water partition coefficient (Wildman–Crippen LogP) is 2.19. The molecule has 3 aliphatic rings. The van der Waals surface area contributed by atoms with Crippen molar-refractivity contribution >= 4 is 11.9 Å². The number of carboxylic acid groups (broad SMARTS) is 1. The lowest BCUT2D eigenvalue weighted by Crippen LogP contribution is -2.43. The van der Waals surface area contributed by atoms with E-state index in [4.69, 9.17) is 4.42 Å². The molecular weight excluding hydrogens is 284 g/mol. The maximum Gasteiger partial charge on any atom is 0.326 e. The number of nitrogens with zero attached hydrogens (tertiary/aromatic N) is 2. The molecule has 0 spiro atoms. The van der Waals surface area contributed by atoms with Crippen molar-refractivity contribution in [3.63, 3.8) is 0 Å². The third-order valence-electron chi connectivity index (χ3n) is 5.34. The van der Waals surface area contributed by atoms with E-state index >= 15 is 0 Å². The summed E-state index contributed by atoms with van der Waals surface area (Å²) in [6.07, 6.45) is 5.09. The Bertz CT molecular complexity index is 634. The Kier molecular flexibility index (Phi) is 3.03. The molecule has 1 amide bonds. The quantitative estimate of drug-likeness (QED) is 0.925. The summed E-state index contributed by atoms with van der Waals surface area (Å²) in [6.45, 7) is 2.29. The summed E-state index contributed by atoms with van der Waals surface area (Å²) >= 11 is 0. The van der Waals surface area contributed by atoms with Crippen LogP contribution < -0.4 is 0 Å². The number of fused-ring (bicyclic) bond motifs is 1. The van der Waals surface area contributed by atoms with Crippen molar-refractivity contribution in [2.24, 2.45) is 11.8 Å². The van der Waals surface area contributed by atoms with Gasteiger partial charge in [-0.05, 0) is 44.4 Å². The highest BCUT2D eigenvalue weighted by molar-refractivity contribution is 5.95. The van der Waals surface area contributed by atoms with E-state index in [0.717, 1.165) is 32.1 Å². The van der Waals surface area contributed by atoms with Crippen LogP contribution >= 0.6 is 0 Å². The lowest BCUT2D eigenvalue weighted by molar-refractivity contribution is -0.142. The maximum atomic E-state index is 12.8. The van der Waals surface area contributed by atoms with Gasteiger partial charge in [0, 0.05) is 12.5 Å². The zero-order chi connectivity index (χ0) is 15.4. The molecule has 3 fully saturated rings. The number of aromatic nitrogens is 1. The Labute approximate surface area is 128 Å². The van der Waals surface area contributed by atoms with E-state index in [-0.39, 0.29) is 17.6 Å². The fourth-order valence-electron chi connectivity index (χ4n) is 4.08. The van der Waals surface area contributed by atoms with Crippen LogP contribution in [-0.4, -0.2) is 39.5 Å². The Balaban J connectivity index is 1.62. The first-order chi connectivity index (χ1) is 10.6. The molecule has 1 N–H and O–H groups in total. The molecule has 22 heavy (non-hydrogen) atoms. The molecule has 1 saturated heterocycles. The number of carbonyl (C=O) groups is 2. The summed E-state index contributed by atoms with van der Waals surface area (Å²) in [5.74, 6) is 0.401. The second kappa shape index (κ2) is 4.83. The smallest absolute Gasteiger partial charge is 0.326 e.